The zero-order valence-corrected chi connectivity index (χ0v) is 18.8. The number of fused-ring (bicyclic) bond motifs is 3. The van der Waals surface area contributed by atoms with Gasteiger partial charge in [-0.3, -0.25) is 9.59 Å². The molecular weight excluding hydrogens is 458 g/mol. The van der Waals surface area contributed by atoms with Crippen LogP contribution in [0.1, 0.15) is 29.9 Å². The molecule has 0 spiro atoms. The molecule has 0 fully saturated rings. The predicted octanol–water partition coefficient (Wildman–Crippen LogP) is 4.45. The molecule has 34 heavy (non-hydrogen) atoms. The fourth-order valence-electron chi connectivity index (χ4n) is 4.01. The highest BCUT2D eigenvalue weighted by Gasteiger charge is 2.30. The van der Waals surface area contributed by atoms with Crippen LogP contribution in [0.15, 0.2) is 66.7 Å². The number of hydrogen-bond acceptors (Lipinski definition) is 5. The Kier molecular flexibility index (Phi) is 7.08. The summed E-state index contributed by atoms with van der Waals surface area (Å²) in [5, 5.41) is 14.2. The van der Waals surface area contributed by atoms with Crippen LogP contribution < -0.4 is 10.6 Å². The molecule has 0 aliphatic heterocycles. The minimum absolute atomic E-state index is 0.0724. The van der Waals surface area contributed by atoms with Crippen molar-refractivity contribution in [2.75, 3.05) is 11.9 Å². The Morgan fingerprint density at radius 1 is 0.971 bits per heavy atom. The molecular formula is C25H22ClN3O5. The van der Waals surface area contributed by atoms with Crippen molar-refractivity contribution in [3.8, 4) is 11.1 Å². The van der Waals surface area contributed by atoms with Crippen LogP contribution in [0.25, 0.3) is 11.1 Å². The third-order valence-electron chi connectivity index (χ3n) is 5.57. The molecule has 1 aliphatic carbocycles. The lowest BCUT2D eigenvalue weighted by atomic mass is 9.98. The van der Waals surface area contributed by atoms with E-state index in [0.717, 1.165) is 22.3 Å². The number of carbonyl (C=O) groups is 3. The normalized spacial score (nSPS) is 12.9. The van der Waals surface area contributed by atoms with E-state index < -0.39 is 24.0 Å². The number of ether oxygens (including phenoxy) is 1. The molecule has 1 unspecified atom stereocenters. The summed E-state index contributed by atoms with van der Waals surface area (Å²) in [7, 11) is 0. The topological polar surface area (TPSA) is 118 Å². The van der Waals surface area contributed by atoms with Gasteiger partial charge in [0.25, 0.3) is 0 Å². The second-order valence-electron chi connectivity index (χ2n) is 7.79. The van der Waals surface area contributed by atoms with Crippen LogP contribution in [-0.2, 0) is 14.3 Å². The standard InChI is InChI=1S/C25H22ClN3O5/c26-21-10-5-11-22(28-21)29-24(32)20(12-13-23(30)31)27-25(33)34-14-19-17-8-3-1-6-15(17)16-7-2-4-9-18(16)19/h1-11,19-20H,12-14H2,(H,27,33)(H,30,31)(H,28,29,32). The van der Waals surface area contributed by atoms with Gasteiger partial charge in [0.15, 0.2) is 0 Å². The zero-order chi connectivity index (χ0) is 24.1. The molecule has 2 aromatic carbocycles. The molecule has 1 atom stereocenters. The molecule has 1 aromatic heterocycles. The van der Waals surface area contributed by atoms with E-state index in [4.69, 9.17) is 21.4 Å². The van der Waals surface area contributed by atoms with Gasteiger partial charge < -0.3 is 20.5 Å². The van der Waals surface area contributed by atoms with Crippen molar-refractivity contribution in [1.82, 2.24) is 10.3 Å². The number of carboxylic acid groups (broad SMARTS) is 1. The highest BCUT2D eigenvalue weighted by molar-refractivity contribution is 6.29. The summed E-state index contributed by atoms with van der Waals surface area (Å²) in [5.74, 6) is -1.66. The van der Waals surface area contributed by atoms with E-state index >= 15 is 0 Å². The van der Waals surface area contributed by atoms with Crippen LogP contribution in [0, 0.1) is 0 Å². The number of hydrogen-bond donors (Lipinski definition) is 3. The van der Waals surface area contributed by atoms with Gasteiger partial charge in [-0.2, -0.15) is 0 Å². The number of amides is 2. The van der Waals surface area contributed by atoms with E-state index in [9.17, 15) is 14.4 Å². The Morgan fingerprint density at radius 3 is 2.24 bits per heavy atom. The van der Waals surface area contributed by atoms with Gasteiger partial charge in [0, 0.05) is 12.3 Å². The first-order valence-electron chi connectivity index (χ1n) is 10.7. The van der Waals surface area contributed by atoms with E-state index in [1.807, 2.05) is 48.5 Å². The maximum absolute atomic E-state index is 12.7. The van der Waals surface area contributed by atoms with Gasteiger partial charge in [0.2, 0.25) is 5.91 Å². The van der Waals surface area contributed by atoms with Crippen molar-refractivity contribution in [2.45, 2.75) is 24.8 Å². The minimum atomic E-state index is -1.13. The van der Waals surface area contributed by atoms with Crippen molar-refractivity contribution < 1.29 is 24.2 Å². The highest BCUT2D eigenvalue weighted by Crippen LogP contribution is 2.44. The Labute approximate surface area is 200 Å². The van der Waals surface area contributed by atoms with Crippen LogP contribution in [0.4, 0.5) is 10.6 Å². The molecule has 0 saturated carbocycles. The molecule has 2 amide bonds. The second kappa shape index (κ2) is 10.4. The number of alkyl carbamates (subject to hydrolysis) is 1. The lowest BCUT2D eigenvalue weighted by Crippen LogP contribution is -2.44. The molecule has 0 radical (unpaired) electrons. The monoisotopic (exact) mass is 479 g/mol. The van der Waals surface area contributed by atoms with Crippen molar-refractivity contribution in [1.29, 1.82) is 0 Å². The van der Waals surface area contributed by atoms with Crippen molar-refractivity contribution in [2.24, 2.45) is 0 Å². The van der Waals surface area contributed by atoms with Gasteiger partial charge in [-0.1, -0.05) is 66.2 Å². The first-order chi connectivity index (χ1) is 16.4. The molecule has 0 saturated heterocycles. The number of rotatable bonds is 8. The molecule has 1 aliphatic rings. The van der Waals surface area contributed by atoms with E-state index in [0.29, 0.717) is 0 Å². The molecule has 174 valence electrons. The van der Waals surface area contributed by atoms with Gasteiger partial charge in [-0.15, -0.1) is 0 Å². The largest absolute Gasteiger partial charge is 0.481 e. The first kappa shape index (κ1) is 23.3. The molecule has 4 rings (SSSR count). The Bertz CT molecular complexity index is 1190. The summed E-state index contributed by atoms with van der Waals surface area (Å²) < 4.78 is 5.48. The quantitative estimate of drug-likeness (QED) is 0.411. The van der Waals surface area contributed by atoms with Gasteiger partial charge in [0.1, 0.15) is 23.6 Å². The highest BCUT2D eigenvalue weighted by atomic mass is 35.5. The SMILES string of the molecule is O=C(O)CCC(NC(=O)OCC1c2ccccc2-c2ccccc21)C(=O)Nc1cccc(Cl)n1. The number of nitrogens with one attached hydrogen (secondary N) is 2. The second-order valence-corrected chi connectivity index (χ2v) is 8.18. The third-order valence-corrected chi connectivity index (χ3v) is 5.78. The molecule has 9 heteroatoms. The van der Waals surface area contributed by atoms with Gasteiger partial charge in [-0.25, -0.2) is 9.78 Å². The average molecular weight is 480 g/mol. The van der Waals surface area contributed by atoms with Gasteiger partial charge in [0.05, 0.1) is 0 Å². The Hall–Kier alpha value is -3.91. The summed E-state index contributed by atoms with van der Waals surface area (Å²) in [6, 6.07) is 19.4. The first-order valence-corrected chi connectivity index (χ1v) is 11.1. The minimum Gasteiger partial charge on any atom is -0.481 e. The third kappa shape index (κ3) is 5.35. The summed E-state index contributed by atoms with van der Waals surface area (Å²) in [6.45, 7) is 0.0724. The summed E-state index contributed by atoms with van der Waals surface area (Å²) in [5.41, 5.74) is 4.31. The number of nitrogens with zero attached hydrogens (tertiary/aromatic N) is 1. The fourth-order valence-corrected chi connectivity index (χ4v) is 4.17. The number of pyridine rings is 1. The number of carboxylic acids is 1. The fraction of sp³-hybridized carbons (Fsp3) is 0.200. The number of aliphatic carboxylic acids is 1. The van der Waals surface area contributed by atoms with E-state index in [2.05, 4.69) is 15.6 Å². The molecule has 8 nitrogen and oxygen atoms in total. The van der Waals surface area contributed by atoms with Gasteiger partial charge in [-0.05, 0) is 40.8 Å². The molecule has 0 bridgehead atoms. The molecule has 1 heterocycles. The lowest BCUT2D eigenvalue weighted by molar-refractivity contribution is -0.137. The number of halogens is 1. The number of carbonyl (C=O) groups excluding carboxylic acids is 2. The zero-order valence-electron chi connectivity index (χ0n) is 18.0. The Balaban J connectivity index is 1.43. The van der Waals surface area contributed by atoms with E-state index in [-0.39, 0.29) is 36.3 Å². The van der Waals surface area contributed by atoms with Crippen LogP contribution in [-0.4, -0.2) is 40.7 Å². The summed E-state index contributed by atoms with van der Waals surface area (Å²) >= 11 is 5.84. The molecule has 3 aromatic rings. The Morgan fingerprint density at radius 2 is 1.62 bits per heavy atom. The predicted molar refractivity (Wildman–Crippen MR) is 127 cm³/mol. The van der Waals surface area contributed by atoms with Crippen LogP contribution in [0.2, 0.25) is 5.15 Å². The van der Waals surface area contributed by atoms with Crippen LogP contribution in [0.5, 0.6) is 0 Å². The van der Waals surface area contributed by atoms with Crippen LogP contribution in [0.3, 0.4) is 0 Å². The van der Waals surface area contributed by atoms with E-state index in [1.54, 1.807) is 12.1 Å². The summed E-state index contributed by atoms with van der Waals surface area (Å²) in [4.78, 5) is 40.3. The van der Waals surface area contributed by atoms with Gasteiger partial charge >= 0.3 is 12.1 Å². The average Bonchev–Trinajstić information content (AvgIpc) is 3.14. The van der Waals surface area contributed by atoms with E-state index in [1.165, 1.54) is 6.07 Å². The maximum atomic E-state index is 12.7. The smallest absolute Gasteiger partial charge is 0.407 e. The molecule has 3 N–H and O–H groups in total. The number of aromatic nitrogens is 1. The van der Waals surface area contributed by atoms with Crippen LogP contribution >= 0.6 is 11.6 Å². The van der Waals surface area contributed by atoms with Crippen molar-refractivity contribution >= 4 is 35.4 Å². The van der Waals surface area contributed by atoms with Crippen molar-refractivity contribution in [3.63, 3.8) is 0 Å². The summed E-state index contributed by atoms with van der Waals surface area (Å²) in [6.07, 6.45) is -1.25. The number of anilines is 1. The van der Waals surface area contributed by atoms with Crippen molar-refractivity contribution in [3.05, 3.63) is 83.0 Å². The number of benzene rings is 2. The lowest BCUT2D eigenvalue weighted by Gasteiger charge is -2.19. The maximum Gasteiger partial charge on any atom is 0.407 e.